The lowest BCUT2D eigenvalue weighted by atomic mass is 10.1. The summed E-state index contributed by atoms with van der Waals surface area (Å²) >= 11 is 0. The molecule has 2 fully saturated rings. The van der Waals surface area contributed by atoms with Crippen molar-refractivity contribution in [2.75, 3.05) is 26.7 Å². The second-order valence-electron chi connectivity index (χ2n) is 4.44. The number of methoxy groups -OCH3 is 1. The van der Waals surface area contributed by atoms with Crippen LogP contribution in [0.5, 0.6) is 0 Å². The third kappa shape index (κ3) is 2.49. The molecule has 2 aliphatic rings. The largest absolute Gasteiger partial charge is 0.380 e. The van der Waals surface area contributed by atoms with E-state index in [0.717, 1.165) is 38.9 Å². The zero-order valence-electron chi connectivity index (χ0n) is 9.37. The van der Waals surface area contributed by atoms with E-state index < -0.39 is 0 Å². The van der Waals surface area contributed by atoms with Crippen molar-refractivity contribution < 1.29 is 9.53 Å². The molecule has 0 radical (unpaired) electrons. The van der Waals surface area contributed by atoms with E-state index in [1.165, 1.54) is 6.42 Å². The van der Waals surface area contributed by atoms with Crippen LogP contribution in [0.25, 0.3) is 0 Å². The molecule has 0 bridgehead atoms. The van der Waals surface area contributed by atoms with Crippen molar-refractivity contribution in [3.63, 3.8) is 0 Å². The van der Waals surface area contributed by atoms with E-state index in [2.05, 4.69) is 5.32 Å². The molecule has 2 unspecified atom stereocenters. The Hall–Kier alpha value is -0.610. The van der Waals surface area contributed by atoms with Crippen LogP contribution in [0, 0.1) is 0 Å². The first kappa shape index (κ1) is 10.9. The quantitative estimate of drug-likeness (QED) is 0.719. The smallest absolute Gasteiger partial charge is 0.239 e. The van der Waals surface area contributed by atoms with Gasteiger partial charge >= 0.3 is 0 Å². The van der Waals surface area contributed by atoms with E-state index >= 15 is 0 Å². The molecular weight excluding hydrogens is 192 g/mol. The number of carbonyl (C=O) groups is 1. The number of rotatable bonds is 2. The van der Waals surface area contributed by atoms with Crippen LogP contribution in [0.3, 0.4) is 0 Å². The molecule has 15 heavy (non-hydrogen) atoms. The lowest BCUT2D eigenvalue weighted by Gasteiger charge is -2.29. The van der Waals surface area contributed by atoms with Gasteiger partial charge in [0.1, 0.15) is 0 Å². The molecule has 1 amide bonds. The maximum Gasteiger partial charge on any atom is 0.239 e. The monoisotopic (exact) mass is 212 g/mol. The van der Waals surface area contributed by atoms with E-state index in [1.807, 2.05) is 4.90 Å². The predicted octanol–water partition coefficient (Wildman–Crippen LogP) is 0.376. The Morgan fingerprint density at radius 2 is 2.07 bits per heavy atom. The Balaban J connectivity index is 1.85. The Bertz CT molecular complexity index is 227. The number of likely N-dealkylation sites (tertiary alicyclic amines) is 1. The molecule has 4 heteroatoms. The summed E-state index contributed by atoms with van der Waals surface area (Å²) in [4.78, 5) is 14.1. The van der Waals surface area contributed by atoms with Crippen molar-refractivity contribution >= 4 is 5.91 Å². The third-order valence-electron chi connectivity index (χ3n) is 3.39. The summed E-state index contributed by atoms with van der Waals surface area (Å²) in [6.07, 6.45) is 4.62. The van der Waals surface area contributed by atoms with Gasteiger partial charge in [-0.2, -0.15) is 0 Å². The average molecular weight is 212 g/mol. The first-order valence-electron chi connectivity index (χ1n) is 5.86. The van der Waals surface area contributed by atoms with Gasteiger partial charge in [-0.3, -0.25) is 4.79 Å². The van der Waals surface area contributed by atoms with E-state index in [1.54, 1.807) is 7.11 Å². The second kappa shape index (κ2) is 4.94. The maximum atomic E-state index is 12.1. The summed E-state index contributed by atoms with van der Waals surface area (Å²) < 4.78 is 5.25. The molecule has 1 N–H and O–H groups in total. The molecule has 0 spiro atoms. The molecule has 0 aromatic rings. The Labute approximate surface area is 91.0 Å². The first-order chi connectivity index (χ1) is 7.31. The van der Waals surface area contributed by atoms with Crippen molar-refractivity contribution in [3.8, 4) is 0 Å². The van der Waals surface area contributed by atoms with E-state index in [-0.39, 0.29) is 18.1 Å². The van der Waals surface area contributed by atoms with Gasteiger partial charge in [-0.15, -0.1) is 0 Å². The van der Waals surface area contributed by atoms with Gasteiger partial charge in [0.25, 0.3) is 0 Å². The van der Waals surface area contributed by atoms with E-state index in [9.17, 15) is 4.79 Å². The zero-order chi connectivity index (χ0) is 10.7. The van der Waals surface area contributed by atoms with Crippen molar-refractivity contribution in [2.24, 2.45) is 0 Å². The second-order valence-corrected chi connectivity index (χ2v) is 4.44. The van der Waals surface area contributed by atoms with Crippen LogP contribution in [0.15, 0.2) is 0 Å². The fraction of sp³-hybridized carbons (Fsp3) is 0.909. The summed E-state index contributed by atoms with van der Waals surface area (Å²) in [5.74, 6) is 0.272. The van der Waals surface area contributed by atoms with Gasteiger partial charge in [-0.25, -0.2) is 0 Å². The maximum absolute atomic E-state index is 12.1. The van der Waals surface area contributed by atoms with Crippen molar-refractivity contribution in [1.82, 2.24) is 10.2 Å². The molecule has 0 aromatic heterocycles. The van der Waals surface area contributed by atoms with Crippen LogP contribution in [0.1, 0.15) is 25.7 Å². The lowest BCUT2D eigenvalue weighted by molar-refractivity contribution is -0.134. The fourth-order valence-corrected chi connectivity index (χ4v) is 2.41. The van der Waals surface area contributed by atoms with Gasteiger partial charge in [0.15, 0.2) is 0 Å². The van der Waals surface area contributed by atoms with Crippen LogP contribution in [0.4, 0.5) is 0 Å². The van der Waals surface area contributed by atoms with Gasteiger partial charge in [0.05, 0.1) is 12.1 Å². The molecule has 2 aliphatic heterocycles. The van der Waals surface area contributed by atoms with Gasteiger partial charge in [0, 0.05) is 26.7 Å². The summed E-state index contributed by atoms with van der Waals surface area (Å²) in [5.41, 5.74) is 0. The minimum Gasteiger partial charge on any atom is -0.380 e. The molecule has 0 aromatic carbocycles. The van der Waals surface area contributed by atoms with Gasteiger partial charge < -0.3 is 15.0 Å². The number of hydrogen-bond donors (Lipinski definition) is 1. The van der Waals surface area contributed by atoms with Gasteiger partial charge in [-0.1, -0.05) is 0 Å². The number of piperidine rings is 1. The minimum absolute atomic E-state index is 0.00644. The molecular formula is C11H20N2O2. The standard InChI is InChI=1S/C11H20N2O2/c1-15-9-7-10(12-8-9)11(14)13-5-3-2-4-6-13/h9-10,12H,2-8H2,1H3. The highest BCUT2D eigenvalue weighted by molar-refractivity contribution is 5.82. The zero-order valence-corrected chi connectivity index (χ0v) is 9.37. The highest BCUT2D eigenvalue weighted by Crippen LogP contribution is 2.15. The highest BCUT2D eigenvalue weighted by Gasteiger charge is 2.32. The summed E-state index contributed by atoms with van der Waals surface area (Å²) in [6.45, 7) is 2.68. The van der Waals surface area contributed by atoms with Crippen LogP contribution in [0.2, 0.25) is 0 Å². The first-order valence-corrected chi connectivity index (χ1v) is 5.86. The number of hydrogen-bond acceptors (Lipinski definition) is 3. The number of nitrogens with one attached hydrogen (secondary N) is 1. The average Bonchev–Trinajstić information content (AvgIpc) is 2.78. The Morgan fingerprint density at radius 3 is 2.67 bits per heavy atom. The van der Waals surface area contributed by atoms with E-state index in [4.69, 9.17) is 4.74 Å². The molecule has 2 saturated heterocycles. The molecule has 4 nitrogen and oxygen atoms in total. The number of ether oxygens (including phenoxy) is 1. The molecule has 0 saturated carbocycles. The van der Waals surface area contributed by atoms with Crippen molar-refractivity contribution in [2.45, 2.75) is 37.8 Å². The number of amides is 1. The van der Waals surface area contributed by atoms with Crippen molar-refractivity contribution in [3.05, 3.63) is 0 Å². The number of nitrogens with zero attached hydrogens (tertiary/aromatic N) is 1. The normalized spacial score (nSPS) is 31.9. The SMILES string of the molecule is COC1CNC(C(=O)N2CCCCC2)C1. The lowest BCUT2D eigenvalue weighted by Crippen LogP contribution is -2.45. The molecule has 2 atom stereocenters. The molecule has 2 rings (SSSR count). The molecule has 0 aliphatic carbocycles. The fourth-order valence-electron chi connectivity index (χ4n) is 2.41. The summed E-state index contributed by atoms with van der Waals surface area (Å²) in [6, 6.07) is -0.00644. The van der Waals surface area contributed by atoms with Crippen LogP contribution < -0.4 is 5.32 Å². The van der Waals surface area contributed by atoms with Crippen LogP contribution >= 0.6 is 0 Å². The minimum atomic E-state index is -0.00644. The van der Waals surface area contributed by atoms with Gasteiger partial charge in [-0.05, 0) is 25.7 Å². The topological polar surface area (TPSA) is 41.6 Å². The Kier molecular flexibility index (Phi) is 3.59. The Morgan fingerprint density at radius 1 is 1.33 bits per heavy atom. The summed E-state index contributed by atoms with van der Waals surface area (Å²) in [7, 11) is 1.71. The number of carbonyl (C=O) groups excluding carboxylic acids is 1. The van der Waals surface area contributed by atoms with Crippen LogP contribution in [-0.2, 0) is 9.53 Å². The van der Waals surface area contributed by atoms with Gasteiger partial charge in [0.2, 0.25) is 5.91 Å². The van der Waals surface area contributed by atoms with E-state index in [0.29, 0.717) is 0 Å². The molecule has 2 heterocycles. The predicted molar refractivity (Wildman–Crippen MR) is 57.6 cm³/mol. The molecule has 86 valence electrons. The van der Waals surface area contributed by atoms with Crippen LogP contribution in [-0.4, -0.2) is 49.7 Å². The van der Waals surface area contributed by atoms with Crippen molar-refractivity contribution in [1.29, 1.82) is 0 Å². The third-order valence-corrected chi connectivity index (χ3v) is 3.39. The highest BCUT2D eigenvalue weighted by atomic mass is 16.5. The summed E-state index contributed by atoms with van der Waals surface area (Å²) in [5, 5.41) is 3.24.